The Morgan fingerprint density at radius 2 is 1.67 bits per heavy atom. The fraction of sp³-hybridized carbons (Fsp3) is 0.0667. The van der Waals surface area contributed by atoms with E-state index in [9.17, 15) is 9.59 Å². The molecule has 2 aromatic rings. The maximum absolute atomic E-state index is 12.4. The van der Waals surface area contributed by atoms with Crippen LogP contribution in [0, 0.1) is 0 Å². The first-order valence-corrected chi connectivity index (χ1v) is 6.81. The van der Waals surface area contributed by atoms with Crippen molar-refractivity contribution in [2.24, 2.45) is 0 Å². The van der Waals surface area contributed by atoms with Gasteiger partial charge in [-0.15, -0.1) is 0 Å². The minimum Gasteiger partial charge on any atom is -0.397 e. The lowest BCUT2D eigenvalue weighted by molar-refractivity contribution is -0.114. The molecule has 6 heteroatoms. The number of nitrogen functional groups attached to an aromatic ring is 1. The highest BCUT2D eigenvalue weighted by Crippen LogP contribution is 2.30. The van der Waals surface area contributed by atoms with Crippen molar-refractivity contribution in [3.05, 3.63) is 57.6 Å². The smallest absolute Gasteiger partial charge is 0.221 e. The molecule has 0 unspecified atom stereocenters. The standard InChI is InChI=1S/C15H12Cl2N2O2/c1-8(20)19-11-4-2-9(3-5-11)15(21)10-6-12(16)14(17)13(18)7-10/h2-7H,18H2,1H3,(H,19,20). The summed E-state index contributed by atoms with van der Waals surface area (Å²) in [7, 11) is 0. The minimum atomic E-state index is -0.227. The Morgan fingerprint density at radius 3 is 2.19 bits per heavy atom. The van der Waals surface area contributed by atoms with Gasteiger partial charge in [0.2, 0.25) is 5.91 Å². The quantitative estimate of drug-likeness (QED) is 0.667. The third kappa shape index (κ3) is 3.54. The average Bonchev–Trinajstić information content (AvgIpc) is 2.43. The van der Waals surface area contributed by atoms with E-state index in [1.807, 2.05) is 0 Å². The first-order chi connectivity index (χ1) is 9.88. The lowest BCUT2D eigenvalue weighted by atomic mass is 10.0. The number of hydrogen-bond donors (Lipinski definition) is 2. The van der Waals surface area contributed by atoms with Gasteiger partial charge in [-0.05, 0) is 36.4 Å². The third-order valence-corrected chi connectivity index (χ3v) is 3.60. The number of carbonyl (C=O) groups excluding carboxylic acids is 2. The van der Waals surface area contributed by atoms with Crippen LogP contribution < -0.4 is 11.1 Å². The van der Waals surface area contributed by atoms with Crippen LogP contribution in [0.3, 0.4) is 0 Å². The van der Waals surface area contributed by atoms with Gasteiger partial charge in [0.05, 0.1) is 15.7 Å². The molecular weight excluding hydrogens is 311 g/mol. The SMILES string of the molecule is CC(=O)Nc1ccc(C(=O)c2cc(N)c(Cl)c(Cl)c2)cc1. The molecule has 0 aliphatic rings. The second kappa shape index (κ2) is 6.16. The van der Waals surface area contributed by atoms with Crippen LogP contribution in [0.25, 0.3) is 0 Å². The summed E-state index contributed by atoms with van der Waals surface area (Å²) in [5, 5.41) is 3.09. The summed E-state index contributed by atoms with van der Waals surface area (Å²) >= 11 is 11.8. The van der Waals surface area contributed by atoms with Gasteiger partial charge in [0.25, 0.3) is 0 Å². The van der Waals surface area contributed by atoms with Crippen molar-refractivity contribution in [2.75, 3.05) is 11.1 Å². The Hall–Kier alpha value is -2.04. The summed E-state index contributed by atoms with van der Waals surface area (Å²) in [5.41, 5.74) is 7.39. The molecule has 0 fully saturated rings. The van der Waals surface area contributed by atoms with Gasteiger partial charge in [-0.2, -0.15) is 0 Å². The van der Waals surface area contributed by atoms with Gasteiger partial charge < -0.3 is 11.1 Å². The third-order valence-electron chi connectivity index (χ3n) is 2.79. The zero-order valence-electron chi connectivity index (χ0n) is 11.1. The summed E-state index contributed by atoms with van der Waals surface area (Å²) in [6, 6.07) is 9.49. The molecule has 0 atom stereocenters. The van der Waals surface area contributed by atoms with Gasteiger partial charge >= 0.3 is 0 Å². The highest BCUT2D eigenvalue weighted by molar-refractivity contribution is 6.44. The number of nitrogens with two attached hydrogens (primary N) is 1. The highest BCUT2D eigenvalue weighted by Gasteiger charge is 2.13. The topological polar surface area (TPSA) is 72.2 Å². The molecule has 0 aromatic heterocycles. The van der Waals surface area contributed by atoms with E-state index in [2.05, 4.69) is 5.32 Å². The zero-order valence-corrected chi connectivity index (χ0v) is 12.6. The number of anilines is 2. The molecule has 0 aliphatic heterocycles. The molecule has 21 heavy (non-hydrogen) atoms. The molecule has 3 N–H and O–H groups in total. The van der Waals surface area contributed by atoms with Crippen molar-refractivity contribution >= 4 is 46.3 Å². The molecule has 0 aliphatic carbocycles. The Balaban J connectivity index is 2.30. The second-order valence-corrected chi connectivity index (χ2v) is 5.23. The molecule has 0 saturated heterocycles. The van der Waals surface area contributed by atoms with Crippen LogP contribution in [0.1, 0.15) is 22.8 Å². The molecule has 2 aromatic carbocycles. The van der Waals surface area contributed by atoms with Crippen LogP contribution in [0.15, 0.2) is 36.4 Å². The van der Waals surface area contributed by atoms with Crippen molar-refractivity contribution < 1.29 is 9.59 Å². The summed E-state index contributed by atoms with van der Waals surface area (Å²) in [5.74, 6) is -0.402. The van der Waals surface area contributed by atoms with Crippen molar-refractivity contribution in [1.29, 1.82) is 0 Å². The number of ketones is 1. The molecule has 0 spiro atoms. The van der Waals surface area contributed by atoms with Crippen LogP contribution in [0.2, 0.25) is 10.0 Å². The van der Waals surface area contributed by atoms with E-state index in [1.54, 1.807) is 24.3 Å². The molecule has 0 saturated carbocycles. The molecule has 0 heterocycles. The average molecular weight is 323 g/mol. The Kier molecular flexibility index (Phi) is 4.50. The normalized spacial score (nSPS) is 10.2. The highest BCUT2D eigenvalue weighted by atomic mass is 35.5. The maximum Gasteiger partial charge on any atom is 0.221 e. The number of rotatable bonds is 3. The lowest BCUT2D eigenvalue weighted by Crippen LogP contribution is -2.07. The van der Waals surface area contributed by atoms with Crippen molar-refractivity contribution in [3.63, 3.8) is 0 Å². The number of nitrogens with one attached hydrogen (secondary N) is 1. The number of halogens is 2. The molecule has 1 amide bonds. The number of amides is 1. The van der Waals surface area contributed by atoms with Crippen molar-refractivity contribution in [1.82, 2.24) is 0 Å². The van der Waals surface area contributed by atoms with Crippen LogP contribution in [0.4, 0.5) is 11.4 Å². The zero-order chi connectivity index (χ0) is 15.6. The van der Waals surface area contributed by atoms with Gasteiger partial charge in [0.15, 0.2) is 5.78 Å². The number of hydrogen-bond acceptors (Lipinski definition) is 3. The van der Waals surface area contributed by atoms with E-state index in [1.165, 1.54) is 19.1 Å². The minimum absolute atomic E-state index is 0.175. The van der Waals surface area contributed by atoms with E-state index in [4.69, 9.17) is 28.9 Å². The molecule has 108 valence electrons. The molecule has 0 radical (unpaired) electrons. The molecular formula is C15H12Cl2N2O2. The Labute approximate surface area is 131 Å². The summed E-state index contributed by atoms with van der Waals surface area (Å²) in [6.45, 7) is 1.41. The van der Waals surface area contributed by atoms with Gasteiger partial charge in [-0.1, -0.05) is 23.2 Å². The monoisotopic (exact) mass is 322 g/mol. The summed E-state index contributed by atoms with van der Waals surface area (Å²) in [4.78, 5) is 23.3. The first kappa shape index (κ1) is 15.4. The van der Waals surface area contributed by atoms with E-state index in [0.717, 1.165) is 0 Å². The van der Waals surface area contributed by atoms with Crippen molar-refractivity contribution in [3.8, 4) is 0 Å². The summed E-state index contributed by atoms with van der Waals surface area (Å²) in [6.07, 6.45) is 0. The Bertz CT molecular complexity index is 689. The van der Waals surface area contributed by atoms with Gasteiger partial charge in [-0.25, -0.2) is 0 Å². The maximum atomic E-state index is 12.4. The van der Waals surface area contributed by atoms with Gasteiger partial charge in [0.1, 0.15) is 0 Å². The van der Waals surface area contributed by atoms with Crippen molar-refractivity contribution in [2.45, 2.75) is 6.92 Å². The van der Waals surface area contributed by atoms with E-state index < -0.39 is 0 Å². The van der Waals surface area contributed by atoms with Crippen LogP contribution in [0.5, 0.6) is 0 Å². The number of carbonyl (C=O) groups is 2. The fourth-order valence-electron chi connectivity index (χ4n) is 1.82. The van der Waals surface area contributed by atoms with E-state index in [-0.39, 0.29) is 27.4 Å². The predicted molar refractivity (Wildman–Crippen MR) is 85.1 cm³/mol. The van der Waals surface area contributed by atoms with Gasteiger partial charge in [0, 0.05) is 23.7 Å². The number of benzene rings is 2. The second-order valence-electron chi connectivity index (χ2n) is 4.45. The van der Waals surface area contributed by atoms with E-state index >= 15 is 0 Å². The summed E-state index contributed by atoms with van der Waals surface area (Å²) < 4.78 is 0. The van der Waals surface area contributed by atoms with Crippen LogP contribution >= 0.6 is 23.2 Å². The van der Waals surface area contributed by atoms with Crippen LogP contribution in [-0.4, -0.2) is 11.7 Å². The van der Waals surface area contributed by atoms with Gasteiger partial charge in [-0.3, -0.25) is 9.59 Å². The fourth-order valence-corrected chi connectivity index (χ4v) is 2.15. The van der Waals surface area contributed by atoms with E-state index in [0.29, 0.717) is 16.8 Å². The lowest BCUT2D eigenvalue weighted by Gasteiger charge is -2.07. The molecule has 4 nitrogen and oxygen atoms in total. The molecule has 0 bridgehead atoms. The largest absolute Gasteiger partial charge is 0.397 e. The van der Waals surface area contributed by atoms with Crippen LogP contribution in [-0.2, 0) is 4.79 Å². The molecule has 2 rings (SSSR count). The first-order valence-electron chi connectivity index (χ1n) is 6.05. The predicted octanol–water partition coefficient (Wildman–Crippen LogP) is 3.77. The Morgan fingerprint density at radius 1 is 1.05 bits per heavy atom.